The predicted molar refractivity (Wildman–Crippen MR) is 56.4 cm³/mol. The molecule has 1 aromatic carbocycles. The molecule has 0 bridgehead atoms. The lowest BCUT2D eigenvalue weighted by atomic mass is 10.1. The fourth-order valence-corrected chi connectivity index (χ4v) is 2.02. The van der Waals surface area contributed by atoms with E-state index in [0.29, 0.717) is 5.95 Å². The summed E-state index contributed by atoms with van der Waals surface area (Å²) in [6, 6.07) is 5.90. The predicted octanol–water partition coefficient (Wildman–Crippen LogP) is 2.28. The van der Waals surface area contributed by atoms with E-state index in [1.165, 1.54) is 0 Å². The van der Waals surface area contributed by atoms with Crippen molar-refractivity contribution in [3.8, 4) is 0 Å². The van der Waals surface area contributed by atoms with Crippen LogP contribution in [0, 0.1) is 6.92 Å². The SMILES string of the molecule is Cc1cccc2nc(N)nc(Br)c12. The number of anilines is 1. The summed E-state index contributed by atoms with van der Waals surface area (Å²) in [4.78, 5) is 8.18. The van der Waals surface area contributed by atoms with Gasteiger partial charge in [0, 0.05) is 5.39 Å². The number of benzene rings is 1. The zero-order valence-corrected chi connectivity index (χ0v) is 8.67. The summed E-state index contributed by atoms with van der Waals surface area (Å²) in [5.41, 5.74) is 7.54. The van der Waals surface area contributed by atoms with E-state index in [9.17, 15) is 0 Å². The van der Waals surface area contributed by atoms with E-state index in [4.69, 9.17) is 5.73 Å². The fourth-order valence-electron chi connectivity index (χ4n) is 1.32. The van der Waals surface area contributed by atoms with E-state index >= 15 is 0 Å². The van der Waals surface area contributed by atoms with Gasteiger partial charge >= 0.3 is 0 Å². The van der Waals surface area contributed by atoms with E-state index in [2.05, 4.69) is 25.9 Å². The Morgan fingerprint density at radius 3 is 2.85 bits per heavy atom. The minimum Gasteiger partial charge on any atom is -0.368 e. The van der Waals surface area contributed by atoms with Crippen LogP contribution in [0.1, 0.15) is 5.56 Å². The Morgan fingerprint density at radius 2 is 2.08 bits per heavy atom. The van der Waals surface area contributed by atoms with Gasteiger partial charge in [0.15, 0.2) is 0 Å². The Balaban J connectivity index is 2.94. The molecule has 0 atom stereocenters. The van der Waals surface area contributed by atoms with Gasteiger partial charge in [-0.05, 0) is 34.5 Å². The topological polar surface area (TPSA) is 51.8 Å². The van der Waals surface area contributed by atoms with Crippen LogP contribution in [0.5, 0.6) is 0 Å². The molecule has 0 fully saturated rings. The summed E-state index contributed by atoms with van der Waals surface area (Å²) < 4.78 is 0.758. The first-order valence-corrected chi connectivity index (χ1v) is 4.66. The van der Waals surface area contributed by atoms with Crippen LogP contribution in [-0.2, 0) is 0 Å². The van der Waals surface area contributed by atoms with Crippen molar-refractivity contribution in [2.45, 2.75) is 6.92 Å². The molecule has 0 saturated heterocycles. The molecule has 0 saturated carbocycles. The molecule has 0 aliphatic heterocycles. The molecule has 13 heavy (non-hydrogen) atoms. The molecule has 2 aromatic rings. The van der Waals surface area contributed by atoms with Gasteiger partial charge in [-0.1, -0.05) is 12.1 Å². The summed E-state index contributed by atoms with van der Waals surface area (Å²) in [6.07, 6.45) is 0. The number of halogens is 1. The monoisotopic (exact) mass is 237 g/mol. The van der Waals surface area contributed by atoms with E-state index in [1.54, 1.807) is 0 Å². The van der Waals surface area contributed by atoms with Crippen molar-refractivity contribution in [1.82, 2.24) is 9.97 Å². The molecule has 2 rings (SSSR count). The molecular weight excluding hydrogens is 230 g/mol. The Hall–Kier alpha value is -1.16. The van der Waals surface area contributed by atoms with Crippen molar-refractivity contribution >= 4 is 32.8 Å². The highest BCUT2D eigenvalue weighted by atomic mass is 79.9. The average molecular weight is 238 g/mol. The van der Waals surface area contributed by atoms with Crippen LogP contribution < -0.4 is 5.73 Å². The molecule has 2 N–H and O–H groups in total. The maximum Gasteiger partial charge on any atom is 0.221 e. The van der Waals surface area contributed by atoms with E-state index in [0.717, 1.165) is 21.1 Å². The smallest absolute Gasteiger partial charge is 0.221 e. The number of aryl methyl sites for hydroxylation is 1. The third-order valence-corrected chi connectivity index (χ3v) is 2.48. The summed E-state index contributed by atoms with van der Waals surface area (Å²) in [6.45, 7) is 2.02. The van der Waals surface area contributed by atoms with Gasteiger partial charge in [-0.15, -0.1) is 0 Å². The highest BCUT2D eigenvalue weighted by Gasteiger charge is 2.04. The zero-order valence-electron chi connectivity index (χ0n) is 7.08. The number of aromatic nitrogens is 2. The van der Waals surface area contributed by atoms with Gasteiger partial charge in [0.05, 0.1) is 5.52 Å². The van der Waals surface area contributed by atoms with Crippen LogP contribution >= 0.6 is 15.9 Å². The molecule has 0 spiro atoms. The first-order valence-electron chi connectivity index (χ1n) is 3.87. The quantitative estimate of drug-likeness (QED) is 0.716. The van der Waals surface area contributed by atoms with Gasteiger partial charge < -0.3 is 5.73 Å². The number of nitrogens with two attached hydrogens (primary N) is 1. The Bertz CT molecular complexity index is 468. The zero-order chi connectivity index (χ0) is 9.42. The van der Waals surface area contributed by atoms with Gasteiger partial charge in [0.2, 0.25) is 5.95 Å². The van der Waals surface area contributed by atoms with Crippen LogP contribution in [0.15, 0.2) is 22.8 Å². The molecule has 3 nitrogen and oxygen atoms in total. The minimum absolute atomic E-state index is 0.296. The Labute approximate surface area is 84.1 Å². The highest BCUT2D eigenvalue weighted by molar-refractivity contribution is 9.10. The maximum absolute atomic E-state index is 5.52. The summed E-state index contributed by atoms with van der Waals surface area (Å²) >= 11 is 3.37. The van der Waals surface area contributed by atoms with Crippen molar-refractivity contribution in [2.75, 3.05) is 5.73 Å². The van der Waals surface area contributed by atoms with Gasteiger partial charge in [-0.2, -0.15) is 0 Å². The van der Waals surface area contributed by atoms with Crippen LogP contribution in [0.3, 0.4) is 0 Å². The van der Waals surface area contributed by atoms with Gasteiger partial charge in [0.25, 0.3) is 0 Å². The third-order valence-electron chi connectivity index (χ3n) is 1.90. The molecule has 0 aliphatic carbocycles. The number of nitrogen functional groups attached to an aromatic ring is 1. The molecule has 0 radical (unpaired) electrons. The molecule has 1 aromatic heterocycles. The minimum atomic E-state index is 0.296. The maximum atomic E-state index is 5.52. The number of rotatable bonds is 0. The van der Waals surface area contributed by atoms with Crippen LogP contribution in [0.2, 0.25) is 0 Å². The van der Waals surface area contributed by atoms with Crippen LogP contribution in [0.25, 0.3) is 10.9 Å². The molecule has 66 valence electrons. The number of nitrogens with zero attached hydrogens (tertiary/aromatic N) is 2. The van der Waals surface area contributed by atoms with Crippen molar-refractivity contribution in [3.63, 3.8) is 0 Å². The van der Waals surface area contributed by atoms with Crippen molar-refractivity contribution in [3.05, 3.63) is 28.4 Å². The second kappa shape index (κ2) is 2.96. The second-order valence-electron chi connectivity index (χ2n) is 2.84. The van der Waals surface area contributed by atoms with Crippen LogP contribution in [-0.4, -0.2) is 9.97 Å². The Morgan fingerprint density at radius 1 is 1.31 bits per heavy atom. The number of hydrogen-bond donors (Lipinski definition) is 1. The molecule has 0 unspecified atom stereocenters. The van der Waals surface area contributed by atoms with E-state index in [-0.39, 0.29) is 0 Å². The van der Waals surface area contributed by atoms with Crippen molar-refractivity contribution in [2.24, 2.45) is 0 Å². The number of hydrogen-bond acceptors (Lipinski definition) is 3. The average Bonchev–Trinajstić information content (AvgIpc) is 2.02. The van der Waals surface area contributed by atoms with Gasteiger partial charge in [-0.3, -0.25) is 0 Å². The van der Waals surface area contributed by atoms with Crippen LogP contribution in [0.4, 0.5) is 5.95 Å². The van der Waals surface area contributed by atoms with Gasteiger partial charge in [-0.25, -0.2) is 9.97 Å². The van der Waals surface area contributed by atoms with E-state index < -0.39 is 0 Å². The number of fused-ring (bicyclic) bond motifs is 1. The molecular formula is C9H8BrN3. The largest absolute Gasteiger partial charge is 0.368 e. The van der Waals surface area contributed by atoms with Gasteiger partial charge in [0.1, 0.15) is 4.60 Å². The summed E-state index contributed by atoms with van der Waals surface area (Å²) in [5, 5.41) is 1.02. The first-order chi connectivity index (χ1) is 6.18. The molecule has 1 heterocycles. The summed E-state index contributed by atoms with van der Waals surface area (Å²) in [5.74, 6) is 0.296. The molecule has 0 aliphatic rings. The standard InChI is InChI=1S/C9H8BrN3/c1-5-3-2-4-6-7(5)8(10)13-9(11)12-6/h2-4H,1H3,(H2,11,12,13). The van der Waals surface area contributed by atoms with Crippen molar-refractivity contribution in [1.29, 1.82) is 0 Å². The fraction of sp³-hybridized carbons (Fsp3) is 0.111. The summed E-state index contributed by atoms with van der Waals surface area (Å²) in [7, 11) is 0. The molecule has 0 amide bonds. The third kappa shape index (κ3) is 1.37. The lowest BCUT2D eigenvalue weighted by Crippen LogP contribution is -1.96. The highest BCUT2D eigenvalue weighted by Crippen LogP contribution is 2.24. The lowest BCUT2D eigenvalue weighted by Gasteiger charge is -2.03. The van der Waals surface area contributed by atoms with Crippen molar-refractivity contribution < 1.29 is 0 Å². The normalized spacial score (nSPS) is 10.6. The lowest BCUT2D eigenvalue weighted by molar-refractivity contribution is 1.20. The Kier molecular flexibility index (Phi) is 1.92. The second-order valence-corrected chi connectivity index (χ2v) is 3.59. The van der Waals surface area contributed by atoms with E-state index in [1.807, 2.05) is 25.1 Å². The molecule has 4 heteroatoms. The first kappa shape index (κ1) is 8.44.